The van der Waals surface area contributed by atoms with Gasteiger partial charge in [0, 0.05) is 19.5 Å². The van der Waals surface area contributed by atoms with Crippen LogP contribution in [0.5, 0.6) is 0 Å². The van der Waals surface area contributed by atoms with Crippen LogP contribution in [0.2, 0.25) is 0 Å². The topological polar surface area (TPSA) is 101 Å². The molecule has 2 heterocycles. The van der Waals surface area contributed by atoms with Crippen molar-refractivity contribution in [2.45, 2.75) is 18.4 Å². The number of nitrogens with zero attached hydrogens (tertiary/aromatic N) is 5. The normalized spacial score (nSPS) is 11.8. The SMILES string of the molecule is Cc1ccc(CNc2ncnc3c(S(=O)(=O)N(C)C)cc(-c4ccc(F)cc4)cc23)nn1. The third kappa shape index (κ3) is 4.27. The number of rotatable bonds is 6. The number of aryl methyl sites for hydroxylation is 1. The number of sulfonamides is 1. The monoisotopic (exact) mass is 452 g/mol. The van der Waals surface area contributed by atoms with Crippen LogP contribution >= 0.6 is 0 Å². The number of aromatic nitrogens is 4. The molecule has 0 fully saturated rings. The molecule has 1 N–H and O–H groups in total. The van der Waals surface area contributed by atoms with Crippen LogP contribution < -0.4 is 5.32 Å². The fourth-order valence-corrected chi connectivity index (χ4v) is 4.25. The molecule has 0 radical (unpaired) electrons. The van der Waals surface area contributed by atoms with Gasteiger partial charge in [-0.05, 0) is 54.4 Å². The van der Waals surface area contributed by atoms with Gasteiger partial charge in [0.2, 0.25) is 10.0 Å². The van der Waals surface area contributed by atoms with E-state index in [0.717, 1.165) is 10.00 Å². The van der Waals surface area contributed by atoms with Crippen molar-refractivity contribution in [2.24, 2.45) is 0 Å². The van der Waals surface area contributed by atoms with Crippen molar-refractivity contribution >= 4 is 26.7 Å². The van der Waals surface area contributed by atoms with E-state index in [1.165, 1.54) is 32.6 Å². The van der Waals surface area contributed by atoms with Gasteiger partial charge in [0.05, 0.1) is 23.4 Å². The molecule has 0 aliphatic rings. The highest BCUT2D eigenvalue weighted by atomic mass is 32.2. The zero-order valence-electron chi connectivity index (χ0n) is 17.7. The van der Waals surface area contributed by atoms with Gasteiger partial charge in [-0.2, -0.15) is 10.2 Å². The lowest BCUT2D eigenvalue weighted by Crippen LogP contribution is -2.23. The first-order valence-electron chi connectivity index (χ1n) is 9.76. The van der Waals surface area contributed by atoms with E-state index in [-0.39, 0.29) is 16.2 Å². The van der Waals surface area contributed by atoms with Gasteiger partial charge in [-0.25, -0.2) is 27.1 Å². The fourth-order valence-electron chi connectivity index (χ4n) is 3.17. The molecule has 2 aromatic heterocycles. The van der Waals surface area contributed by atoms with Crippen LogP contribution in [0.4, 0.5) is 10.2 Å². The van der Waals surface area contributed by atoms with Gasteiger partial charge < -0.3 is 5.32 Å². The van der Waals surface area contributed by atoms with Gasteiger partial charge in [0.25, 0.3) is 0 Å². The van der Waals surface area contributed by atoms with Gasteiger partial charge in [-0.1, -0.05) is 12.1 Å². The van der Waals surface area contributed by atoms with Gasteiger partial charge in [-0.3, -0.25) is 0 Å². The molecule has 0 aliphatic heterocycles. The minimum atomic E-state index is -3.81. The third-order valence-electron chi connectivity index (χ3n) is 4.93. The van der Waals surface area contributed by atoms with Crippen molar-refractivity contribution in [1.29, 1.82) is 0 Å². The molecule has 2 aromatic carbocycles. The van der Waals surface area contributed by atoms with Crippen LogP contribution in [0.25, 0.3) is 22.0 Å². The summed E-state index contributed by atoms with van der Waals surface area (Å²) >= 11 is 0. The number of fused-ring (bicyclic) bond motifs is 1. The zero-order valence-corrected chi connectivity index (χ0v) is 18.6. The van der Waals surface area contributed by atoms with Crippen molar-refractivity contribution in [3.63, 3.8) is 0 Å². The van der Waals surface area contributed by atoms with Crippen LogP contribution in [-0.2, 0) is 16.6 Å². The molecule has 4 rings (SSSR count). The second-order valence-electron chi connectivity index (χ2n) is 7.41. The molecule has 0 saturated heterocycles. The Morgan fingerprint density at radius 3 is 2.38 bits per heavy atom. The molecule has 0 atom stereocenters. The number of nitrogens with one attached hydrogen (secondary N) is 1. The Morgan fingerprint density at radius 2 is 1.72 bits per heavy atom. The van der Waals surface area contributed by atoms with Gasteiger partial charge in [-0.15, -0.1) is 0 Å². The third-order valence-corrected chi connectivity index (χ3v) is 6.76. The van der Waals surface area contributed by atoms with Gasteiger partial charge >= 0.3 is 0 Å². The van der Waals surface area contributed by atoms with Crippen LogP contribution in [0.15, 0.2) is 59.8 Å². The van der Waals surface area contributed by atoms with Crippen molar-refractivity contribution < 1.29 is 12.8 Å². The molecule has 164 valence electrons. The van der Waals surface area contributed by atoms with Crippen LogP contribution in [-0.4, -0.2) is 47.0 Å². The average Bonchev–Trinajstić information content (AvgIpc) is 2.78. The number of halogens is 1. The summed E-state index contributed by atoms with van der Waals surface area (Å²) in [6.45, 7) is 2.20. The minimum Gasteiger partial charge on any atom is -0.364 e. The molecule has 0 saturated carbocycles. The maximum absolute atomic E-state index is 13.4. The Bertz CT molecular complexity index is 1370. The zero-order chi connectivity index (χ0) is 22.9. The summed E-state index contributed by atoms with van der Waals surface area (Å²) in [5.74, 6) is 0.0807. The standard InChI is InChI=1S/C22H21FN6O2S/c1-14-4-9-18(28-27-14)12-24-22-19-10-16(15-5-7-17(23)8-6-15)11-20(21(19)25-13-26-22)32(30,31)29(2)3/h4-11,13H,12H2,1-3H3,(H,24,25,26). The summed E-state index contributed by atoms with van der Waals surface area (Å²) < 4.78 is 40.7. The Morgan fingerprint density at radius 1 is 0.969 bits per heavy atom. The Kier molecular flexibility index (Phi) is 5.81. The van der Waals surface area contributed by atoms with Crippen molar-refractivity contribution in [3.05, 3.63) is 72.1 Å². The van der Waals surface area contributed by atoms with E-state index in [4.69, 9.17) is 0 Å². The van der Waals surface area contributed by atoms with E-state index in [9.17, 15) is 12.8 Å². The first-order chi connectivity index (χ1) is 15.3. The number of hydrogen-bond acceptors (Lipinski definition) is 7. The molecule has 10 heteroatoms. The Hall–Kier alpha value is -3.50. The van der Waals surface area contributed by atoms with Gasteiger partial charge in [0.1, 0.15) is 22.9 Å². The van der Waals surface area contributed by atoms with Crippen molar-refractivity contribution in [3.8, 4) is 11.1 Å². The van der Waals surface area contributed by atoms with E-state index in [0.29, 0.717) is 34.6 Å². The summed E-state index contributed by atoms with van der Waals surface area (Å²) in [5.41, 5.74) is 3.08. The number of anilines is 1. The first kappa shape index (κ1) is 21.7. The molecule has 4 aromatic rings. The lowest BCUT2D eigenvalue weighted by atomic mass is 10.0. The molecule has 0 aliphatic carbocycles. The molecular weight excluding hydrogens is 431 g/mol. The predicted molar refractivity (Wildman–Crippen MR) is 120 cm³/mol. The Balaban J connectivity index is 1.87. The van der Waals surface area contributed by atoms with Crippen LogP contribution in [0.1, 0.15) is 11.4 Å². The highest BCUT2D eigenvalue weighted by Crippen LogP contribution is 2.33. The summed E-state index contributed by atoms with van der Waals surface area (Å²) in [6, 6.07) is 12.9. The molecular formula is C22H21FN6O2S. The largest absolute Gasteiger partial charge is 0.364 e. The van der Waals surface area contributed by atoms with E-state index >= 15 is 0 Å². The average molecular weight is 453 g/mol. The maximum atomic E-state index is 13.4. The lowest BCUT2D eigenvalue weighted by molar-refractivity contribution is 0.521. The highest BCUT2D eigenvalue weighted by molar-refractivity contribution is 7.89. The molecule has 0 bridgehead atoms. The molecule has 32 heavy (non-hydrogen) atoms. The van der Waals surface area contributed by atoms with Crippen molar-refractivity contribution in [1.82, 2.24) is 24.5 Å². The van der Waals surface area contributed by atoms with Crippen LogP contribution in [0, 0.1) is 12.7 Å². The molecule has 0 amide bonds. The van der Waals surface area contributed by atoms with E-state index < -0.39 is 10.0 Å². The summed E-state index contributed by atoms with van der Waals surface area (Å²) in [4.78, 5) is 8.62. The smallest absolute Gasteiger partial charge is 0.244 e. The summed E-state index contributed by atoms with van der Waals surface area (Å²) in [7, 11) is -0.891. The minimum absolute atomic E-state index is 0.0416. The molecule has 8 nitrogen and oxygen atoms in total. The quantitative estimate of drug-likeness (QED) is 0.478. The number of hydrogen-bond donors (Lipinski definition) is 1. The van der Waals surface area contributed by atoms with E-state index in [1.54, 1.807) is 24.3 Å². The summed E-state index contributed by atoms with van der Waals surface area (Å²) in [5, 5.41) is 11.9. The second-order valence-corrected chi connectivity index (χ2v) is 9.53. The van der Waals surface area contributed by atoms with Gasteiger partial charge in [0.15, 0.2) is 0 Å². The maximum Gasteiger partial charge on any atom is 0.244 e. The fraction of sp³-hybridized carbons (Fsp3) is 0.182. The lowest BCUT2D eigenvalue weighted by Gasteiger charge is -2.16. The van der Waals surface area contributed by atoms with E-state index in [2.05, 4.69) is 25.5 Å². The Labute approximate surface area is 185 Å². The van der Waals surface area contributed by atoms with Crippen LogP contribution in [0.3, 0.4) is 0 Å². The summed E-state index contributed by atoms with van der Waals surface area (Å²) in [6.07, 6.45) is 1.32. The van der Waals surface area contributed by atoms with Crippen molar-refractivity contribution in [2.75, 3.05) is 19.4 Å². The first-order valence-corrected chi connectivity index (χ1v) is 11.2. The molecule has 0 spiro atoms. The second kappa shape index (κ2) is 8.56. The predicted octanol–water partition coefficient (Wildman–Crippen LogP) is 3.40. The highest BCUT2D eigenvalue weighted by Gasteiger charge is 2.24. The number of benzene rings is 2. The van der Waals surface area contributed by atoms with E-state index in [1.807, 2.05) is 19.1 Å². The molecule has 0 unspecified atom stereocenters.